The summed E-state index contributed by atoms with van der Waals surface area (Å²) in [4.78, 5) is 40.0. The van der Waals surface area contributed by atoms with Crippen molar-refractivity contribution >= 4 is 155 Å². The summed E-state index contributed by atoms with van der Waals surface area (Å²) in [5.41, 5.74) is 34.5. The highest BCUT2D eigenvalue weighted by atomic mass is 16.5. The van der Waals surface area contributed by atoms with Crippen LogP contribution in [0.4, 0.5) is 11.4 Å². The molecule has 0 saturated heterocycles. The maximum Gasteiger partial charge on any atom is 0.338 e. The normalized spacial score (nSPS) is 14.4. The van der Waals surface area contributed by atoms with E-state index >= 15 is 0 Å². The average Bonchev–Trinajstić information content (AvgIpc) is 1.54. The van der Waals surface area contributed by atoms with Crippen LogP contribution in [-0.2, 0) is 0 Å². The summed E-state index contributed by atoms with van der Waals surface area (Å²) in [6, 6.07) is 88.5. The second-order valence-electron chi connectivity index (χ2n) is 27.3. The van der Waals surface area contributed by atoms with Gasteiger partial charge in [-0.15, -0.1) is 0 Å². The van der Waals surface area contributed by atoms with E-state index in [1.807, 2.05) is 152 Å². The van der Waals surface area contributed by atoms with E-state index in [0.717, 1.165) is 144 Å². The van der Waals surface area contributed by atoms with E-state index in [1.54, 1.807) is 30.4 Å². The zero-order valence-electron chi connectivity index (χ0n) is 55.9. The van der Waals surface area contributed by atoms with Crippen LogP contribution in [0, 0.1) is 0 Å². The SMILES string of the molecule is Nc1cc(N)c(-n2c(=O)n(-c3ccc4oc5ccccc5c4c3)c3ccccc32)cc1-n1c(=O)n(-c2ccc3c(c2)C2C=CC=CC2O3)c2ccccc21.c1ccc2c(c1)oc1ccc(-n3c4ccccc4n4c5cc6c(cc5nc34)nc3n(-c4ccc5oc7ccccc7c5c4)c4ccccc4n63)cc12. The first-order valence-electron chi connectivity index (χ1n) is 35.0. The van der Waals surface area contributed by atoms with Crippen LogP contribution in [0.2, 0.25) is 0 Å². The Kier molecular flexibility index (Phi) is 11.7. The molecule has 9 aromatic heterocycles. The molecule has 13 aromatic carbocycles. The molecule has 2 aliphatic rings. The number of hydrogen-bond acceptors (Lipinski definition) is 10. The molecule has 10 heterocycles. The number of benzene rings is 13. The van der Waals surface area contributed by atoms with Crippen LogP contribution in [0.5, 0.6) is 5.75 Å². The number of nitrogens with two attached hydrogens (primary N) is 2. The Bertz CT molecular complexity index is 7580. The van der Waals surface area contributed by atoms with Gasteiger partial charge in [0, 0.05) is 43.8 Å². The van der Waals surface area contributed by atoms with Gasteiger partial charge >= 0.3 is 11.4 Å². The first kappa shape index (κ1) is 57.9. The van der Waals surface area contributed by atoms with Gasteiger partial charge in [0.05, 0.1) is 112 Å². The molecule has 0 saturated carbocycles. The van der Waals surface area contributed by atoms with Crippen LogP contribution >= 0.6 is 0 Å². The van der Waals surface area contributed by atoms with Crippen molar-refractivity contribution in [2.75, 3.05) is 11.5 Å². The predicted molar refractivity (Wildman–Crippen MR) is 420 cm³/mol. The number of ether oxygens (including phenoxy) is 1. The minimum absolute atomic E-state index is 0.0608. The van der Waals surface area contributed by atoms with Crippen molar-refractivity contribution in [3.63, 3.8) is 0 Å². The van der Waals surface area contributed by atoms with Gasteiger partial charge in [0.1, 0.15) is 45.4 Å². The lowest BCUT2D eigenvalue weighted by Crippen LogP contribution is -2.25. The molecule has 0 bridgehead atoms. The Morgan fingerprint density at radius 3 is 1.14 bits per heavy atom. The fourth-order valence-electron chi connectivity index (χ4n) is 16.8. The fraction of sp³-hybridized carbons (Fsp3) is 0.0227. The molecule has 2 atom stereocenters. The van der Waals surface area contributed by atoms with Crippen molar-refractivity contribution in [2.24, 2.45) is 0 Å². The van der Waals surface area contributed by atoms with Crippen molar-refractivity contribution in [1.29, 1.82) is 0 Å². The van der Waals surface area contributed by atoms with Crippen molar-refractivity contribution in [2.45, 2.75) is 12.0 Å². The molecule has 2 unspecified atom stereocenters. The Labute approximate surface area is 597 Å². The van der Waals surface area contributed by atoms with Crippen molar-refractivity contribution in [3.8, 4) is 39.9 Å². The van der Waals surface area contributed by atoms with Gasteiger partial charge in [-0.3, -0.25) is 36.2 Å². The summed E-state index contributed by atoms with van der Waals surface area (Å²) >= 11 is 0. The van der Waals surface area contributed by atoms with E-state index in [9.17, 15) is 9.59 Å². The molecular weight excluding hydrogens is 1320 g/mol. The summed E-state index contributed by atoms with van der Waals surface area (Å²) < 4.78 is 40.2. The molecule has 0 fully saturated rings. The number of allylic oxidation sites excluding steroid dienone is 2. The zero-order valence-corrected chi connectivity index (χ0v) is 55.9. The minimum atomic E-state index is -0.328. The number of nitrogens with zero attached hydrogens (tertiary/aromatic N) is 10. The third-order valence-corrected chi connectivity index (χ3v) is 21.5. The second-order valence-corrected chi connectivity index (χ2v) is 27.3. The lowest BCUT2D eigenvalue weighted by atomic mass is 9.92. The van der Waals surface area contributed by atoms with Crippen LogP contribution in [0.25, 0.3) is 178 Å². The molecule has 1 aliphatic carbocycles. The molecule has 18 nitrogen and oxygen atoms in total. The van der Waals surface area contributed by atoms with Gasteiger partial charge < -0.3 is 29.5 Å². The number of fused-ring (bicyclic) bond motifs is 24. The van der Waals surface area contributed by atoms with Gasteiger partial charge in [0.2, 0.25) is 11.6 Å². The molecule has 0 amide bonds. The standard InChI is InChI=1S/C44H30N6O4.C44H24N6O2/c45-31-23-32(46)38(50-36-14-6-4-12-34(36)48(44(50)52)26-18-20-42-30(22-26)28-10-2-8-16-40(28)54-42)24-37(31)49-35-13-5-3-11-33(35)47(43(49)51)25-17-19-41-29(21-25)27-9-1-7-15-39(27)53-41;1-7-15-39-27(9-1)29-21-25(17-19-41(29)51-39)47-33-11-3-5-13-35(33)49-37-24-38-32(23-31(37)45-43(47)49)46-44-48(34-12-4-6-14-36(34)50(38)44)26-18-20-42-30(22-26)28-10-2-8-16-40(28)52-42/h1-24,27,39H,45-46H2;1-24H. The number of furan rings is 3. The lowest BCUT2D eigenvalue weighted by molar-refractivity contribution is 0.269. The second kappa shape index (κ2) is 21.4. The van der Waals surface area contributed by atoms with Crippen LogP contribution < -0.4 is 27.6 Å². The summed E-state index contributed by atoms with van der Waals surface area (Å²) in [5, 5.41) is 6.23. The quantitative estimate of drug-likeness (QED) is 0.151. The third kappa shape index (κ3) is 8.08. The van der Waals surface area contributed by atoms with Gasteiger partial charge in [-0.25, -0.2) is 19.6 Å². The third-order valence-electron chi connectivity index (χ3n) is 21.5. The van der Waals surface area contributed by atoms with Gasteiger partial charge in [0.15, 0.2) is 0 Å². The first-order chi connectivity index (χ1) is 52.2. The molecular formula is C88H54N12O6. The van der Waals surface area contributed by atoms with Crippen molar-refractivity contribution < 1.29 is 18.0 Å². The Morgan fingerprint density at radius 1 is 0.311 bits per heavy atom. The summed E-state index contributed by atoms with van der Waals surface area (Å²) in [6.45, 7) is 0. The average molecular weight is 1380 g/mol. The number of para-hydroxylation sites is 11. The number of anilines is 2. The molecule has 0 spiro atoms. The summed E-state index contributed by atoms with van der Waals surface area (Å²) in [6.07, 6.45) is 8.11. The van der Waals surface area contributed by atoms with Crippen molar-refractivity contribution in [3.05, 3.63) is 318 Å². The van der Waals surface area contributed by atoms with E-state index in [2.05, 4.69) is 145 Å². The molecule has 22 aromatic rings. The summed E-state index contributed by atoms with van der Waals surface area (Å²) in [7, 11) is 0. The number of imidazole rings is 6. The maximum absolute atomic E-state index is 14.7. The van der Waals surface area contributed by atoms with Crippen LogP contribution in [0.15, 0.2) is 314 Å². The van der Waals surface area contributed by atoms with E-state index in [4.69, 9.17) is 39.4 Å². The predicted octanol–water partition coefficient (Wildman–Crippen LogP) is 18.9. The molecule has 4 N–H and O–H groups in total. The number of nitrogen functional groups attached to an aromatic ring is 2. The maximum atomic E-state index is 14.7. The molecule has 502 valence electrons. The van der Waals surface area contributed by atoms with E-state index < -0.39 is 0 Å². The lowest BCUT2D eigenvalue weighted by Gasteiger charge is -2.14. The first-order valence-corrected chi connectivity index (χ1v) is 35.0. The molecule has 18 heteroatoms. The summed E-state index contributed by atoms with van der Waals surface area (Å²) in [5.74, 6) is 2.56. The minimum Gasteiger partial charge on any atom is -0.485 e. The van der Waals surface area contributed by atoms with Crippen molar-refractivity contribution in [1.82, 2.24) is 46.2 Å². The van der Waals surface area contributed by atoms with E-state index in [1.165, 1.54) is 0 Å². The van der Waals surface area contributed by atoms with Crippen LogP contribution in [-0.4, -0.2) is 52.3 Å². The highest BCUT2D eigenvalue weighted by molar-refractivity contribution is 6.09. The monoisotopic (exact) mass is 1370 g/mol. The smallest absolute Gasteiger partial charge is 0.338 e. The topological polar surface area (TPSA) is 199 Å². The molecule has 1 aliphatic heterocycles. The Hall–Kier alpha value is -14.8. The molecule has 24 rings (SSSR count). The largest absolute Gasteiger partial charge is 0.485 e. The molecule has 0 radical (unpaired) electrons. The fourth-order valence-corrected chi connectivity index (χ4v) is 16.8. The Balaban J connectivity index is 0.000000129. The Morgan fingerprint density at radius 2 is 0.679 bits per heavy atom. The zero-order chi connectivity index (χ0) is 69.9. The van der Waals surface area contributed by atoms with Gasteiger partial charge in [-0.05, 0) is 170 Å². The number of aromatic nitrogens is 10. The van der Waals surface area contributed by atoms with Crippen LogP contribution in [0.3, 0.4) is 0 Å². The molecule has 106 heavy (non-hydrogen) atoms. The van der Waals surface area contributed by atoms with Gasteiger partial charge in [-0.2, -0.15) is 0 Å². The van der Waals surface area contributed by atoms with Gasteiger partial charge in [-0.1, -0.05) is 121 Å². The van der Waals surface area contributed by atoms with Gasteiger partial charge in [0.25, 0.3) is 0 Å². The number of rotatable bonds is 6. The number of hydrogen-bond donors (Lipinski definition) is 2. The highest BCUT2D eigenvalue weighted by Crippen LogP contribution is 2.44. The highest BCUT2D eigenvalue weighted by Gasteiger charge is 2.33. The van der Waals surface area contributed by atoms with E-state index in [0.29, 0.717) is 50.5 Å². The van der Waals surface area contributed by atoms with E-state index in [-0.39, 0.29) is 29.1 Å². The van der Waals surface area contributed by atoms with Crippen LogP contribution in [0.1, 0.15) is 11.5 Å².